The minimum atomic E-state index is -3.79. The molecule has 0 aliphatic carbocycles. The van der Waals surface area contributed by atoms with Gasteiger partial charge in [0.05, 0.1) is 22.9 Å². The molecule has 0 fully saturated rings. The van der Waals surface area contributed by atoms with Crippen LogP contribution in [0.3, 0.4) is 0 Å². The van der Waals surface area contributed by atoms with Crippen molar-refractivity contribution >= 4 is 15.7 Å². The molecule has 0 amide bonds. The summed E-state index contributed by atoms with van der Waals surface area (Å²) >= 11 is 0. The maximum Gasteiger partial charge on any atom is 0.262 e. The van der Waals surface area contributed by atoms with E-state index in [1.165, 1.54) is 12.1 Å². The molecule has 0 radical (unpaired) electrons. The number of rotatable bonds is 7. The number of hydrogen-bond acceptors (Lipinski definition) is 5. The molecule has 28 heavy (non-hydrogen) atoms. The van der Waals surface area contributed by atoms with Gasteiger partial charge < -0.3 is 9.47 Å². The van der Waals surface area contributed by atoms with Crippen molar-refractivity contribution in [1.82, 2.24) is 4.98 Å². The SMILES string of the molecule is Cc1ccc(NS(=O)(=O)c2ccc(OC(C)C)cc2)c(Oc2cccnc2)c1. The van der Waals surface area contributed by atoms with Crippen LogP contribution in [0.5, 0.6) is 17.2 Å². The number of pyridine rings is 1. The lowest BCUT2D eigenvalue weighted by molar-refractivity contribution is 0.242. The van der Waals surface area contributed by atoms with Crippen LogP contribution in [0, 0.1) is 6.92 Å². The van der Waals surface area contributed by atoms with Crippen LogP contribution >= 0.6 is 0 Å². The molecule has 0 unspecified atom stereocenters. The fourth-order valence-electron chi connectivity index (χ4n) is 2.51. The van der Waals surface area contributed by atoms with Gasteiger partial charge in [-0.05, 0) is 74.9 Å². The van der Waals surface area contributed by atoms with E-state index < -0.39 is 10.0 Å². The molecule has 1 N–H and O–H groups in total. The predicted octanol–water partition coefficient (Wildman–Crippen LogP) is 4.77. The predicted molar refractivity (Wildman–Crippen MR) is 109 cm³/mol. The van der Waals surface area contributed by atoms with Gasteiger partial charge in [-0.3, -0.25) is 9.71 Å². The lowest BCUT2D eigenvalue weighted by Gasteiger charge is -2.15. The highest BCUT2D eigenvalue weighted by Crippen LogP contribution is 2.32. The first kappa shape index (κ1) is 19.7. The molecule has 0 atom stereocenters. The van der Waals surface area contributed by atoms with Gasteiger partial charge >= 0.3 is 0 Å². The summed E-state index contributed by atoms with van der Waals surface area (Å²) in [6.07, 6.45) is 3.22. The molecule has 0 saturated carbocycles. The van der Waals surface area contributed by atoms with Crippen LogP contribution in [0.25, 0.3) is 0 Å². The largest absolute Gasteiger partial charge is 0.491 e. The summed E-state index contributed by atoms with van der Waals surface area (Å²) in [4.78, 5) is 4.14. The zero-order valence-electron chi connectivity index (χ0n) is 15.9. The summed E-state index contributed by atoms with van der Waals surface area (Å²) < 4.78 is 39.6. The zero-order chi connectivity index (χ0) is 20.1. The molecule has 7 heteroatoms. The number of nitrogens with zero attached hydrogens (tertiary/aromatic N) is 1. The lowest BCUT2D eigenvalue weighted by atomic mass is 10.2. The second-order valence-electron chi connectivity index (χ2n) is 6.53. The Morgan fingerprint density at radius 2 is 1.75 bits per heavy atom. The van der Waals surface area contributed by atoms with Crippen LogP contribution in [0.2, 0.25) is 0 Å². The number of sulfonamides is 1. The summed E-state index contributed by atoms with van der Waals surface area (Å²) in [6.45, 7) is 5.72. The summed E-state index contributed by atoms with van der Waals surface area (Å²) in [5, 5.41) is 0. The van der Waals surface area contributed by atoms with E-state index in [-0.39, 0.29) is 11.0 Å². The maximum atomic E-state index is 12.8. The lowest BCUT2D eigenvalue weighted by Crippen LogP contribution is -2.14. The molecule has 0 aliphatic rings. The average Bonchev–Trinajstić information content (AvgIpc) is 2.65. The van der Waals surface area contributed by atoms with Gasteiger partial charge in [0.25, 0.3) is 10.0 Å². The summed E-state index contributed by atoms with van der Waals surface area (Å²) in [5.74, 6) is 1.53. The van der Waals surface area contributed by atoms with Crippen LogP contribution in [-0.4, -0.2) is 19.5 Å². The molecule has 2 aromatic carbocycles. The molecule has 0 saturated heterocycles. The molecule has 146 valence electrons. The van der Waals surface area contributed by atoms with Gasteiger partial charge in [0.1, 0.15) is 11.5 Å². The number of anilines is 1. The number of nitrogens with one attached hydrogen (secondary N) is 1. The smallest absolute Gasteiger partial charge is 0.262 e. The van der Waals surface area contributed by atoms with E-state index in [1.54, 1.807) is 48.8 Å². The van der Waals surface area contributed by atoms with Gasteiger partial charge in [0, 0.05) is 6.20 Å². The Hall–Kier alpha value is -3.06. The first-order chi connectivity index (χ1) is 13.3. The Labute approximate surface area is 165 Å². The molecule has 1 heterocycles. The van der Waals surface area contributed by atoms with E-state index in [0.717, 1.165) is 5.56 Å². The third-order valence-electron chi connectivity index (χ3n) is 3.75. The number of benzene rings is 2. The highest BCUT2D eigenvalue weighted by Gasteiger charge is 2.17. The van der Waals surface area contributed by atoms with Crippen molar-refractivity contribution in [3.8, 4) is 17.2 Å². The van der Waals surface area contributed by atoms with Gasteiger partial charge in [-0.2, -0.15) is 0 Å². The van der Waals surface area contributed by atoms with Gasteiger partial charge in [0.2, 0.25) is 0 Å². The Kier molecular flexibility index (Phi) is 5.84. The van der Waals surface area contributed by atoms with E-state index in [0.29, 0.717) is 22.9 Å². The van der Waals surface area contributed by atoms with Gasteiger partial charge in [0.15, 0.2) is 5.75 Å². The molecule has 0 bridgehead atoms. The summed E-state index contributed by atoms with van der Waals surface area (Å²) in [7, 11) is -3.79. The Morgan fingerprint density at radius 3 is 2.39 bits per heavy atom. The van der Waals surface area contributed by atoms with Crippen molar-refractivity contribution in [2.45, 2.75) is 31.8 Å². The van der Waals surface area contributed by atoms with Crippen molar-refractivity contribution in [2.24, 2.45) is 0 Å². The van der Waals surface area contributed by atoms with E-state index in [2.05, 4.69) is 9.71 Å². The second kappa shape index (κ2) is 8.31. The molecule has 3 rings (SSSR count). The highest BCUT2D eigenvalue weighted by molar-refractivity contribution is 7.92. The second-order valence-corrected chi connectivity index (χ2v) is 8.22. The van der Waals surface area contributed by atoms with Gasteiger partial charge in [-0.25, -0.2) is 8.42 Å². The monoisotopic (exact) mass is 398 g/mol. The minimum Gasteiger partial charge on any atom is -0.491 e. The van der Waals surface area contributed by atoms with Crippen LogP contribution in [0.15, 0.2) is 71.9 Å². The summed E-state index contributed by atoms with van der Waals surface area (Å²) in [6, 6.07) is 15.0. The quantitative estimate of drug-likeness (QED) is 0.620. The fraction of sp³-hybridized carbons (Fsp3) is 0.190. The van der Waals surface area contributed by atoms with Crippen molar-refractivity contribution in [3.63, 3.8) is 0 Å². The molecule has 1 aromatic heterocycles. The average molecular weight is 398 g/mol. The zero-order valence-corrected chi connectivity index (χ0v) is 16.7. The summed E-state index contributed by atoms with van der Waals surface area (Å²) in [5.41, 5.74) is 1.29. The van der Waals surface area contributed by atoms with Crippen molar-refractivity contribution in [3.05, 3.63) is 72.6 Å². The first-order valence-corrected chi connectivity index (χ1v) is 10.3. The van der Waals surface area contributed by atoms with E-state index in [9.17, 15) is 8.42 Å². The number of aromatic nitrogens is 1. The molecule has 0 aliphatic heterocycles. The molecular formula is C21H22N2O4S. The standard InChI is InChI=1S/C21H22N2O4S/c1-15(2)26-17-7-9-19(10-8-17)28(24,25)23-20-11-6-16(3)13-21(20)27-18-5-4-12-22-14-18/h4-15,23H,1-3H3. The third kappa shape index (κ3) is 5.01. The first-order valence-electron chi connectivity index (χ1n) is 8.81. The Morgan fingerprint density at radius 1 is 1.00 bits per heavy atom. The molecular weight excluding hydrogens is 376 g/mol. The van der Waals surface area contributed by atoms with E-state index in [1.807, 2.05) is 26.8 Å². The van der Waals surface area contributed by atoms with Crippen molar-refractivity contribution < 1.29 is 17.9 Å². The fourth-order valence-corrected chi connectivity index (χ4v) is 3.58. The van der Waals surface area contributed by atoms with Crippen molar-refractivity contribution in [1.29, 1.82) is 0 Å². The Balaban J connectivity index is 1.86. The Bertz CT molecular complexity index is 1030. The van der Waals surface area contributed by atoms with Crippen molar-refractivity contribution in [2.75, 3.05) is 4.72 Å². The number of aryl methyl sites for hydroxylation is 1. The molecule has 3 aromatic rings. The van der Waals surface area contributed by atoms with Crippen LogP contribution in [0.1, 0.15) is 19.4 Å². The third-order valence-corrected chi connectivity index (χ3v) is 5.13. The van der Waals surface area contributed by atoms with Crippen LogP contribution < -0.4 is 14.2 Å². The van der Waals surface area contributed by atoms with Crippen LogP contribution in [-0.2, 0) is 10.0 Å². The van der Waals surface area contributed by atoms with E-state index >= 15 is 0 Å². The highest BCUT2D eigenvalue weighted by atomic mass is 32.2. The van der Waals surface area contributed by atoms with Crippen LogP contribution in [0.4, 0.5) is 5.69 Å². The molecule has 6 nitrogen and oxygen atoms in total. The maximum absolute atomic E-state index is 12.8. The van der Waals surface area contributed by atoms with E-state index in [4.69, 9.17) is 9.47 Å². The number of hydrogen-bond donors (Lipinski definition) is 1. The van der Waals surface area contributed by atoms with Gasteiger partial charge in [-0.15, -0.1) is 0 Å². The normalized spacial score (nSPS) is 11.3. The van der Waals surface area contributed by atoms with Gasteiger partial charge in [-0.1, -0.05) is 6.07 Å². The topological polar surface area (TPSA) is 77.5 Å². The minimum absolute atomic E-state index is 0.0142. The number of ether oxygens (including phenoxy) is 2. The molecule has 0 spiro atoms.